The molecule has 1 fully saturated rings. The van der Waals surface area contributed by atoms with Crippen molar-refractivity contribution in [3.05, 3.63) is 65.6 Å². The lowest BCUT2D eigenvalue weighted by Crippen LogP contribution is -2.35. The molecule has 1 unspecified atom stereocenters. The number of benzene rings is 1. The highest BCUT2D eigenvalue weighted by Gasteiger charge is 2.34. The number of aromatic nitrogens is 3. The van der Waals surface area contributed by atoms with Crippen molar-refractivity contribution in [3.63, 3.8) is 0 Å². The van der Waals surface area contributed by atoms with Gasteiger partial charge in [0, 0.05) is 30.2 Å². The largest absolute Gasteiger partial charge is 0.474 e. The zero-order valence-electron chi connectivity index (χ0n) is 21.1. The van der Waals surface area contributed by atoms with Crippen LogP contribution in [0.25, 0.3) is 16.6 Å². The zero-order valence-corrected chi connectivity index (χ0v) is 21.9. The second kappa shape index (κ2) is 9.13. The number of anilines is 2. The number of hydrogen-bond donors (Lipinski definition) is 2. The number of carbonyl (C=O) groups excluding carboxylic acids is 1. The van der Waals surface area contributed by atoms with Crippen LogP contribution in [0.15, 0.2) is 53.8 Å². The molecule has 2 N–H and O–H groups in total. The van der Waals surface area contributed by atoms with E-state index in [4.69, 9.17) is 4.74 Å². The molecule has 38 heavy (non-hydrogen) atoms. The maximum Gasteiger partial charge on any atom is 0.331 e. The minimum absolute atomic E-state index is 0.441. The first-order chi connectivity index (χ1) is 18.5. The number of aryl methyl sites for hydroxylation is 2. The van der Waals surface area contributed by atoms with Crippen LogP contribution in [0.5, 0.6) is 5.88 Å². The number of fused-ring (bicyclic) bond motifs is 3. The summed E-state index contributed by atoms with van der Waals surface area (Å²) in [6.45, 7) is 3.45. The molecule has 0 spiro atoms. The van der Waals surface area contributed by atoms with Crippen molar-refractivity contribution in [3.8, 4) is 17.0 Å². The van der Waals surface area contributed by atoms with E-state index in [-0.39, 0.29) is 0 Å². The Hall–Kier alpha value is -3.92. The summed E-state index contributed by atoms with van der Waals surface area (Å²) in [6, 6.07) is 10.1. The maximum atomic E-state index is 13.2. The van der Waals surface area contributed by atoms with Gasteiger partial charge in [-0.25, -0.2) is 18.5 Å². The van der Waals surface area contributed by atoms with E-state index in [0.29, 0.717) is 23.4 Å². The normalized spacial score (nSPS) is 17.0. The lowest BCUT2D eigenvalue weighted by Gasteiger charge is -2.30. The number of nitrogens with zero attached hydrogens (tertiary/aromatic N) is 4. The first-order valence-electron chi connectivity index (χ1n) is 13.0. The van der Waals surface area contributed by atoms with E-state index in [9.17, 15) is 9.00 Å². The summed E-state index contributed by atoms with van der Waals surface area (Å²) in [5.74, 6) is 0.559. The Balaban J connectivity index is 1.18. The van der Waals surface area contributed by atoms with Crippen LogP contribution in [0.1, 0.15) is 36.0 Å². The molecule has 1 saturated carbocycles. The van der Waals surface area contributed by atoms with E-state index < -0.39 is 17.0 Å². The Kier molecular flexibility index (Phi) is 5.57. The van der Waals surface area contributed by atoms with Crippen LogP contribution >= 0.6 is 0 Å². The van der Waals surface area contributed by atoms with Crippen LogP contribution in [0.4, 0.5) is 16.2 Å². The smallest absolute Gasteiger partial charge is 0.331 e. The van der Waals surface area contributed by atoms with Crippen LogP contribution in [0.3, 0.4) is 0 Å². The Morgan fingerprint density at radius 2 is 2.08 bits per heavy atom. The third-order valence-corrected chi connectivity index (χ3v) is 8.62. The second-order valence-corrected chi connectivity index (χ2v) is 11.4. The molecular formula is C28H28N6O3S. The van der Waals surface area contributed by atoms with Gasteiger partial charge in [-0.05, 0) is 85.5 Å². The van der Waals surface area contributed by atoms with Gasteiger partial charge < -0.3 is 15.0 Å². The average Bonchev–Trinajstić information content (AvgIpc) is 3.46. The van der Waals surface area contributed by atoms with Gasteiger partial charge in [0.2, 0.25) is 5.88 Å². The van der Waals surface area contributed by atoms with Crippen molar-refractivity contribution in [2.45, 2.75) is 50.0 Å². The van der Waals surface area contributed by atoms with E-state index in [1.54, 1.807) is 6.20 Å². The van der Waals surface area contributed by atoms with E-state index in [1.165, 1.54) is 11.8 Å². The molecule has 4 aromatic rings. The molecule has 1 aromatic carbocycles. The number of amides is 2. The third kappa shape index (κ3) is 4.09. The van der Waals surface area contributed by atoms with Gasteiger partial charge in [0.1, 0.15) is 12.3 Å². The molecule has 1 aliphatic heterocycles. The first kappa shape index (κ1) is 23.2. The predicted octanol–water partition coefficient (Wildman–Crippen LogP) is 4.40. The number of nitrogens with one attached hydrogen (secondary N) is 2. The van der Waals surface area contributed by atoms with Gasteiger partial charge >= 0.3 is 6.03 Å². The number of pyridine rings is 2. The molecule has 7 rings (SSSR count). The Labute approximate surface area is 222 Å². The van der Waals surface area contributed by atoms with Crippen molar-refractivity contribution in [1.29, 1.82) is 0 Å². The Morgan fingerprint density at radius 1 is 1.18 bits per heavy atom. The number of urea groups is 1. The minimum atomic E-state index is -1.78. The molecule has 1 atom stereocenters. The molecule has 0 saturated heterocycles. The number of rotatable bonds is 5. The number of ether oxygens (including phenoxy) is 1. The van der Waals surface area contributed by atoms with Crippen LogP contribution in [0, 0.1) is 6.92 Å². The summed E-state index contributed by atoms with van der Waals surface area (Å²) >= 11 is 0. The lowest BCUT2D eigenvalue weighted by atomic mass is 9.93. The first-order valence-corrected chi connectivity index (χ1v) is 14.2. The van der Waals surface area contributed by atoms with Gasteiger partial charge in [-0.1, -0.05) is 6.07 Å². The van der Waals surface area contributed by atoms with E-state index in [1.807, 2.05) is 28.9 Å². The third-order valence-electron chi connectivity index (χ3n) is 7.60. The zero-order chi connectivity index (χ0) is 25.8. The van der Waals surface area contributed by atoms with Gasteiger partial charge in [0.25, 0.3) is 0 Å². The average molecular weight is 529 g/mol. The molecular weight excluding hydrogens is 500 g/mol. The fourth-order valence-corrected chi connectivity index (χ4v) is 6.43. The SMILES string of the molecule is Cc1cc2c(c(NC(=O)NS(=O)c3cnc4c(c3)N(C3CC3)CCO4)c1-c1ccn3nccc3c1)CCC2. The summed E-state index contributed by atoms with van der Waals surface area (Å²) in [7, 11) is -1.78. The quantitative estimate of drug-likeness (QED) is 0.398. The highest BCUT2D eigenvalue weighted by molar-refractivity contribution is 7.83. The van der Waals surface area contributed by atoms with Crippen LogP contribution in [0.2, 0.25) is 0 Å². The van der Waals surface area contributed by atoms with Crippen molar-refractivity contribution in [1.82, 2.24) is 19.3 Å². The molecule has 3 aromatic heterocycles. The van der Waals surface area contributed by atoms with Crippen LogP contribution in [-0.2, 0) is 23.8 Å². The van der Waals surface area contributed by atoms with Gasteiger partial charge in [0.15, 0.2) is 11.0 Å². The predicted molar refractivity (Wildman–Crippen MR) is 146 cm³/mol. The van der Waals surface area contributed by atoms with Crippen LogP contribution < -0.4 is 19.7 Å². The van der Waals surface area contributed by atoms with Gasteiger partial charge in [-0.2, -0.15) is 5.10 Å². The van der Waals surface area contributed by atoms with Crippen molar-refractivity contribution >= 4 is 33.9 Å². The van der Waals surface area contributed by atoms with E-state index in [0.717, 1.165) is 77.8 Å². The highest BCUT2D eigenvalue weighted by atomic mass is 32.2. The monoisotopic (exact) mass is 528 g/mol. The van der Waals surface area contributed by atoms with Crippen molar-refractivity contribution in [2.24, 2.45) is 0 Å². The highest BCUT2D eigenvalue weighted by Crippen LogP contribution is 2.41. The molecule has 3 aliphatic rings. The maximum absolute atomic E-state index is 13.2. The van der Waals surface area contributed by atoms with Crippen molar-refractivity contribution < 1.29 is 13.7 Å². The number of hydrogen-bond acceptors (Lipinski definition) is 6. The molecule has 10 heteroatoms. The fraction of sp³-hybridized carbons (Fsp3) is 0.321. The molecule has 2 amide bonds. The lowest BCUT2D eigenvalue weighted by molar-refractivity contribution is 0.257. The molecule has 9 nitrogen and oxygen atoms in total. The van der Waals surface area contributed by atoms with Crippen LogP contribution in [-0.4, -0.2) is 44.0 Å². The fourth-order valence-electron chi connectivity index (χ4n) is 5.73. The summed E-state index contributed by atoms with van der Waals surface area (Å²) in [4.78, 5) is 20.3. The summed E-state index contributed by atoms with van der Waals surface area (Å²) in [5, 5.41) is 7.37. The standard InChI is InChI=1S/C28H28N6O3S/c1-17-13-18-3-2-4-23(18)26(25(17)19-8-10-34-21(14-19)7-9-30-34)31-28(35)32-38(36)22-15-24-27(29-16-22)37-12-11-33(24)20-5-6-20/h7-10,13-16,20H,2-6,11-12H2,1H3,(H2,31,32,35). The summed E-state index contributed by atoms with van der Waals surface area (Å²) in [5.41, 5.74) is 8.07. The van der Waals surface area contributed by atoms with Gasteiger partial charge in [0.05, 0.1) is 22.6 Å². The Morgan fingerprint density at radius 3 is 2.95 bits per heavy atom. The molecule has 194 valence electrons. The molecule has 0 bridgehead atoms. The van der Waals surface area contributed by atoms with Crippen molar-refractivity contribution in [2.75, 3.05) is 23.4 Å². The number of carbonyl (C=O) groups is 1. The molecule has 2 aliphatic carbocycles. The van der Waals surface area contributed by atoms with E-state index in [2.05, 4.69) is 44.1 Å². The topological polar surface area (TPSA) is 101 Å². The van der Waals surface area contributed by atoms with Gasteiger partial charge in [-0.15, -0.1) is 0 Å². The van der Waals surface area contributed by atoms with E-state index >= 15 is 0 Å². The summed E-state index contributed by atoms with van der Waals surface area (Å²) in [6.07, 6.45) is 10.4. The molecule has 0 radical (unpaired) electrons. The molecule has 4 heterocycles. The minimum Gasteiger partial charge on any atom is -0.474 e. The second-order valence-electron chi connectivity index (χ2n) is 10.1. The Bertz CT molecular complexity index is 1610. The summed E-state index contributed by atoms with van der Waals surface area (Å²) < 4.78 is 23.4. The van der Waals surface area contributed by atoms with Gasteiger partial charge in [-0.3, -0.25) is 4.72 Å².